The molecule has 6 heteroatoms. The van der Waals surface area contributed by atoms with E-state index in [-0.39, 0.29) is 11.9 Å². The number of fused-ring (bicyclic) bond motifs is 4. The van der Waals surface area contributed by atoms with Crippen molar-refractivity contribution in [1.29, 1.82) is 0 Å². The van der Waals surface area contributed by atoms with Crippen LogP contribution in [0, 0.1) is 5.92 Å². The molecule has 0 radical (unpaired) electrons. The number of rotatable bonds is 2. The van der Waals surface area contributed by atoms with Crippen LogP contribution in [0.25, 0.3) is 10.1 Å². The quantitative estimate of drug-likeness (QED) is 0.917. The molecular formula is C16H18ClN3OS. The number of amides is 1. The third-order valence-corrected chi connectivity index (χ3v) is 6.50. The fourth-order valence-electron chi connectivity index (χ4n) is 3.80. The Balaban J connectivity index is 1.57. The highest BCUT2D eigenvalue weighted by molar-refractivity contribution is 7.17. The fourth-order valence-corrected chi connectivity index (χ4v) is 4.91. The molecule has 1 N–H and O–H groups in total. The number of carbonyl (C=O) groups excluding carboxylic acids is 1. The molecule has 2 bridgehead atoms. The average molecular weight is 336 g/mol. The van der Waals surface area contributed by atoms with Gasteiger partial charge >= 0.3 is 0 Å². The Labute approximate surface area is 138 Å². The topological polar surface area (TPSA) is 45.2 Å². The Hall–Kier alpha value is -1.17. The van der Waals surface area contributed by atoms with Gasteiger partial charge in [-0.3, -0.25) is 9.69 Å². The molecule has 5 heterocycles. The molecule has 2 aromatic heterocycles. The van der Waals surface area contributed by atoms with Gasteiger partial charge < -0.3 is 5.32 Å². The van der Waals surface area contributed by atoms with Gasteiger partial charge in [0.05, 0.1) is 9.72 Å². The third kappa shape index (κ3) is 2.32. The molecule has 3 aliphatic heterocycles. The first-order chi connectivity index (χ1) is 10.6. The molecule has 5 rings (SSSR count). The molecule has 2 aromatic rings. The van der Waals surface area contributed by atoms with Crippen molar-refractivity contribution in [1.82, 2.24) is 15.2 Å². The maximum Gasteiger partial charge on any atom is 0.270 e. The molecule has 3 saturated heterocycles. The van der Waals surface area contributed by atoms with E-state index in [4.69, 9.17) is 11.6 Å². The van der Waals surface area contributed by atoms with Crippen molar-refractivity contribution in [3.05, 3.63) is 28.4 Å². The van der Waals surface area contributed by atoms with Crippen LogP contribution in [0.3, 0.4) is 0 Å². The van der Waals surface area contributed by atoms with Crippen LogP contribution in [0.2, 0.25) is 5.02 Å². The minimum Gasteiger partial charge on any atom is -0.346 e. The van der Waals surface area contributed by atoms with E-state index in [1.807, 2.05) is 5.38 Å². The molecule has 4 nitrogen and oxygen atoms in total. The van der Waals surface area contributed by atoms with Crippen LogP contribution in [0.1, 0.15) is 30.3 Å². The number of hydrogen-bond acceptors (Lipinski definition) is 4. The maximum absolute atomic E-state index is 12.6. The Morgan fingerprint density at radius 2 is 2.23 bits per heavy atom. The highest BCUT2D eigenvalue weighted by atomic mass is 35.5. The first-order valence-corrected chi connectivity index (χ1v) is 8.97. The van der Waals surface area contributed by atoms with Gasteiger partial charge in [-0.2, -0.15) is 0 Å². The van der Waals surface area contributed by atoms with E-state index < -0.39 is 0 Å². The molecule has 0 aromatic carbocycles. The minimum absolute atomic E-state index is 0.0882. The number of piperidine rings is 3. The first kappa shape index (κ1) is 14.4. The molecule has 1 amide bonds. The van der Waals surface area contributed by atoms with Crippen molar-refractivity contribution in [2.45, 2.75) is 31.8 Å². The monoisotopic (exact) mass is 335 g/mol. The van der Waals surface area contributed by atoms with Gasteiger partial charge in [-0.05, 0) is 44.8 Å². The molecule has 2 atom stereocenters. The molecule has 0 aliphatic carbocycles. The fraction of sp³-hybridized carbons (Fsp3) is 0.500. The molecule has 0 saturated carbocycles. The van der Waals surface area contributed by atoms with Gasteiger partial charge in [0.2, 0.25) is 0 Å². The number of nitrogens with zero attached hydrogens (tertiary/aromatic N) is 2. The van der Waals surface area contributed by atoms with Crippen LogP contribution in [0.5, 0.6) is 0 Å². The van der Waals surface area contributed by atoms with Crippen LogP contribution in [-0.2, 0) is 0 Å². The molecule has 3 fully saturated rings. The van der Waals surface area contributed by atoms with E-state index >= 15 is 0 Å². The van der Waals surface area contributed by atoms with Gasteiger partial charge in [-0.1, -0.05) is 11.6 Å². The van der Waals surface area contributed by atoms with E-state index in [0.717, 1.165) is 23.2 Å². The second kappa shape index (κ2) is 5.48. The summed E-state index contributed by atoms with van der Waals surface area (Å²) in [6.45, 7) is 4.53. The normalized spacial score (nSPS) is 30.6. The molecule has 0 unspecified atom stereocenters. The largest absolute Gasteiger partial charge is 0.346 e. The lowest BCUT2D eigenvalue weighted by Crippen LogP contribution is -2.62. The molecular weight excluding hydrogens is 318 g/mol. The number of nitrogens with one attached hydrogen (secondary N) is 1. The summed E-state index contributed by atoms with van der Waals surface area (Å²) in [5.41, 5.74) is 0.455. The van der Waals surface area contributed by atoms with Gasteiger partial charge in [0.1, 0.15) is 5.69 Å². The maximum atomic E-state index is 12.6. The summed E-state index contributed by atoms with van der Waals surface area (Å²) in [6, 6.07) is 2.44. The predicted molar refractivity (Wildman–Crippen MR) is 89.6 cm³/mol. The smallest absolute Gasteiger partial charge is 0.270 e. The number of carbonyl (C=O) groups is 1. The summed E-state index contributed by atoms with van der Waals surface area (Å²) >= 11 is 7.71. The summed E-state index contributed by atoms with van der Waals surface area (Å²) in [4.78, 5) is 19.3. The van der Waals surface area contributed by atoms with Crippen LogP contribution in [0.15, 0.2) is 17.6 Å². The average Bonchev–Trinajstić information content (AvgIpc) is 2.92. The van der Waals surface area contributed by atoms with Crippen molar-refractivity contribution in [2.24, 2.45) is 5.92 Å². The SMILES string of the molecule is C[C@H]1[C@H](NC(=O)c2cc3c(Cl)csc3cn2)C2CCN1CC2. The zero-order chi connectivity index (χ0) is 15.3. The molecule has 22 heavy (non-hydrogen) atoms. The highest BCUT2D eigenvalue weighted by Gasteiger charge is 2.40. The van der Waals surface area contributed by atoms with Crippen molar-refractivity contribution in [3.63, 3.8) is 0 Å². The zero-order valence-corrected chi connectivity index (χ0v) is 14.0. The summed E-state index contributed by atoms with van der Waals surface area (Å²) in [5.74, 6) is 0.507. The molecule has 0 spiro atoms. The van der Waals surface area contributed by atoms with Crippen LogP contribution in [0.4, 0.5) is 0 Å². The lowest BCUT2D eigenvalue weighted by atomic mass is 9.79. The number of aromatic nitrogens is 1. The summed E-state index contributed by atoms with van der Waals surface area (Å²) < 4.78 is 1.01. The van der Waals surface area contributed by atoms with Crippen LogP contribution < -0.4 is 5.32 Å². The van der Waals surface area contributed by atoms with Crippen LogP contribution >= 0.6 is 22.9 Å². The molecule has 3 aliphatic rings. The summed E-state index contributed by atoms with van der Waals surface area (Å²) in [5, 5.41) is 6.69. The lowest BCUT2D eigenvalue weighted by Gasteiger charge is -2.49. The van der Waals surface area contributed by atoms with Crippen molar-refractivity contribution < 1.29 is 4.79 Å². The van der Waals surface area contributed by atoms with Crippen LogP contribution in [-0.4, -0.2) is 41.0 Å². The summed E-state index contributed by atoms with van der Waals surface area (Å²) in [7, 11) is 0. The number of pyridine rings is 1. The molecule has 116 valence electrons. The number of thiophene rings is 1. The van der Waals surface area contributed by atoms with E-state index in [0.29, 0.717) is 22.7 Å². The second-order valence-corrected chi connectivity index (χ2v) is 7.58. The Bertz CT molecular complexity index is 721. The standard InChI is InChI=1S/C16H18ClN3OS/c1-9-15(10-2-4-20(9)5-3-10)19-16(21)13-6-11-12(17)8-22-14(11)7-18-13/h6-10,15H,2-5H2,1H3,(H,19,21)/t9-,15-/m0/s1. The lowest BCUT2D eigenvalue weighted by molar-refractivity contribution is 0.0216. The second-order valence-electron chi connectivity index (χ2n) is 6.26. The number of halogens is 1. The van der Waals surface area contributed by atoms with E-state index in [1.165, 1.54) is 12.8 Å². The van der Waals surface area contributed by atoms with Gasteiger partial charge in [0.25, 0.3) is 5.91 Å². The van der Waals surface area contributed by atoms with Gasteiger partial charge in [0, 0.05) is 29.0 Å². The van der Waals surface area contributed by atoms with E-state index in [2.05, 4.69) is 22.1 Å². The number of hydrogen-bond donors (Lipinski definition) is 1. The van der Waals surface area contributed by atoms with Gasteiger partial charge in [-0.25, -0.2) is 4.98 Å². The minimum atomic E-state index is -0.0882. The van der Waals surface area contributed by atoms with E-state index in [9.17, 15) is 4.79 Å². The summed E-state index contributed by atoms with van der Waals surface area (Å²) in [6.07, 6.45) is 4.09. The highest BCUT2D eigenvalue weighted by Crippen LogP contribution is 2.33. The Morgan fingerprint density at radius 1 is 1.45 bits per heavy atom. The van der Waals surface area contributed by atoms with Gasteiger partial charge in [-0.15, -0.1) is 11.3 Å². The zero-order valence-electron chi connectivity index (χ0n) is 12.4. The van der Waals surface area contributed by atoms with E-state index in [1.54, 1.807) is 23.6 Å². The van der Waals surface area contributed by atoms with Crippen molar-refractivity contribution in [2.75, 3.05) is 13.1 Å². The Kier molecular flexibility index (Phi) is 3.59. The van der Waals surface area contributed by atoms with Gasteiger partial charge in [0.15, 0.2) is 0 Å². The third-order valence-electron chi connectivity index (χ3n) is 5.12. The first-order valence-electron chi connectivity index (χ1n) is 7.71. The van der Waals surface area contributed by atoms with Crippen molar-refractivity contribution in [3.8, 4) is 0 Å². The Morgan fingerprint density at radius 3 is 2.95 bits per heavy atom. The predicted octanol–water partition coefficient (Wildman–Crippen LogP) is 3.16. The van der Waals surface area contributed by atoms with Crippen molar-refractivity contribution >= 4 is 38.9 Å².